The molecule has 0 saturated heterocycles. The molecule has 5 nitrogen and oxygen atoms in total. The second kappa shape index (κ2) is 6.36. The van der Waals surface area contributed by atoms with Crippen molar-refractivity contribution in [1.29, 1.82) is 0 Å². The zero-order chi connectivity index (χ0) is 15.4. The molecule has 0 aliphatic heterocycles. The number of hydrogen-bond donors (Lipinski definition) is 2. The maximum absolute atomic E-state index is 13.2. The Hall–Kier alpha value is -2.41. The van der Waals surface area contributed by atoms with Gasteiger partial charge in [0.25, 0.3) is 0 Å². The van der Waals surface area contributed by atoms with Crippen molar-refractivity contribution in [2.24, 2.45) is 0 Å². The van der Waals surface area contributed by atoms with Gasteiger partial charge >= 0.3 is 11.9 Å². The van der Waals surface area contributed by atoms with Gasteiger partial charge in [0.15, 0.2) is 0 Å². The number of rotatable bonds is 5. The van der Waals surface area contributed by atoms with E-state index < -0.39 is 17.8 Å². The number of carboxylic acids is 1. The van der Waals surface area contributed by atoms with E-state index in [1.165, 1.54) is 36.0 Å². The summed E-state index contributed by atoms with van der Waals surface area (Å²) in [5, 5.41) is 13.4. The fraction of sp³-hybridized carbons (Fsp3) is 0.143. The van der Waals surface area contributed by atoms with Crippen molar-refractivity contribution in [2.45, 2.75) is 6.54 Å². The number of esters is 1. The molecular weight excluding hydrogens is 297 g/mol. The zero-order valence-corrected chi connectivity index (χ0v) is 11.9. The molecule has 0 spiro atoms. The number of hydrogen-bond acceptors (Lipinski definition) is 5. The van der Waals surface area contributed by atoms with E-state index in [2.05, 4.69) is 10.1 Å². The summed E-state index contributed by atoms with van der Waals surface area (Å²) >= 11 is 1.29. The van der Waals surface area contributed by atoms with Crippen molar-refractivity contribution in [3.8, 4) is 0 Å². The molecule has 2 aromatic rings. The minimum absolute atomic E-state index is 0.0903. The second-order valence-electron chi connectivity index (χ2n) is 4.14. The first-order valence-electron chi connectivity index (χ1n) is 5.93. The normalized spacial score (nSPS) is 10.2. The van der Waals surface area contributed by atoms with Crippen LogP contribution in [-0.2, 0) is 11.3 Å². The van der Waals surface area contributed by atoms with Gasteiger partial charge in [0.2, 0.25) is 0 Å². The van der Waals surface area contributed by atoms with Gasteiger partial charge in [-0.2, -0.15) is 0 Å². The Balaban J connectivity index is 2.15. The first-order valence-corrected chi connectivity index (χ1v) is 6.81. The van der Waals surface area contributed by atoms with Crippen molar-refractivity contribution >= 4 is 29.0 Å². The Morgan fingerprint density at radius 2 is 2.14 bits per heavy atom. The lowest BCUT2D eigenvalue weighted by Gasteiger charge is -2.10. The number of anilines is 1. The largest absolute Gasteiger partial charge is 0.478 e. The van der Waals surface area contributed by atoms with E-state index in [1.807, 2.05) is 0 Å². The predicted molar refractivity (Wildman–Crippen MR) is 76.3 cm³/mol. The van der Waals surface area contributed by atoms with Crippen LogP contribution >= 0.6 is 11.3 Å². The average molecular weight is 309 g/mol. The van der Waals surface area contributed by atoms with Crippen LogP contribution in [0.4, 0.5) is 10.1 Å². The summed E-state index contributed by atoms with van der Waals surface area (Å²) in [6.07, 6.45) is 0. The van der Waals surface area contributed by atoms with Crippen molar-refractivity contribution in [3.63, 3.8) is 0 Å². The maximum Gasteiger partial charge on any atom is 0.340 e. The molecule has 1 heterocycles. The minimum atomic E-state index is -0.991. The fourth-order valence-corrected chi connectivity index (χ4v) is 2.52. The summed E-state index contributed by atoms with van der Waals surface area (Å²) < 4.78 is 17.8. The monoisotopic (exact) mass is 309 g/mol. The lowest BCUT2D eigenvalue weighted by atomic mass is 10.1. The molecule has 0 amide bonds. The van der Waals surface area contributed by atoms with Gasteiger partial charge in [0.05, 0.1) is 18.2 Å². The van der Waals surface area contributed by atoms with Crippen molar-refractivity contribution < 1.29 is 23.8 Å². The van der Waals surface area contributed by atoms with E-state index in [4.69, 9.17) is 5.11 Å². The van der Waals surface area contributed by atoms with Crippen LogP contribution in [0.2, 0.25) is 0 Å². The highest BCUT2D eigenvalue weighted by Crippen LogP contribution is 2.21. The van der Waals surface area contributed by atoms with Crippen LogP contribution < -0.4 is 5.32 Å². The Kier molecular flexibility index (Phi) is 4.54. The highest BCUT2D eigenvalue weighted by Gasteiger charge is 2.13. The molecule has 21 heavy (non-hydrogen) atoms. The maximum atomic E-state index is 13.2. The number of carboxylic acid groups (broad SMARTS) is 1. The van der Waals surface area contributed by atoms with Gasteiger partial charge in [-0.05, 0) is 24.3 Å². The summed E-state index contributed by atoms with van der Waals surface area (Å²) in [4.78, 5) is 23.2. The molecule has 2 rings (SSSR count). The Bertz CT molecular complexity index is 683. The molecule has 110 valence electrons. The Labute approximate surface area is 124 Å². The summed E-state index contributed by atoms with van der Waals surface area (Å²) in [7, 11) is 1.22. The average Bonchev–Trinajstić information content (AvgIpc) is 2.94. The standard InChI is InChI=1S/C14H12FNO4S/c1-20-14(19)11-5-9(15)2-3-12(11)16-6-10-4-8(7-21-10)13(17)18/h2-5,7,16H,6H2,1H3,(H,17,18). The topological polar surface area (TPSA) is 75.6 Å². The summed E-state index contributed by atoms with van der Waals surface area (Å²) in [5.74, 6) is -2.17. The number of carbonyl (C=O) groups is 2. The summed E-state index contributed by atoms with van der Waals surface area (Å²) in [5.41, 5.74) is 0.727. The molecule has 0 radical (unpaired) electrons. The SMILES string of the molecule is COC(=O)c1cc(F)ccc1NCc1cc(C(=O)O)cs1. The number of thiophene rings is 1. The number of halogens is 1. The molecule has 0 aliphatic carbocycles. The van der Waals surface area contributed by atoms with E-state index in [0.29, 0.717) is 12.2 Å². The third-order valence-corrected chi connectivity index (χ3v) is 3.68. The number of aromatic carboxylic acids is 1. The van der Waals surface area contributed by atoms with E-state index in [1.54, 1.807) is 6.07 Å². The fourth-order valence-electron chi connectivity index (χ4n) is 1.72. The first kappa shape index (κ1) is 15.0. The molecule has 7 heteroatoms. The smallest absolute Gasteiger partial charge is 0.340 e. The third kappa shape index (κ3) is 3.57. The van der Waals surface area contributed by atoms with E-state index in [-0.39, 0.29) is 11.1 Å². The van der Waals surface area contributed by atoms with Gasteiger partial charge in [-0.1, -0.05) is 0 Å². The van der Waals surface area contributed by atoms with Gasteiger partial charge < -0.3 is 15.2 Å². The van der Waals surface area contributed by atoms with Gasteiger partial charge in [0, 0.05) is 22.5 Å². The Morgan fingerprint density at radius 1 is 1.38 bits per heavy atom. The van der Waals surface area contributed by atoms with Crippen molar-refractivity contribution in [1.82, 2.24) is 0 Å². The van der Waals surface area contributed by atoms with Crippen LogP contribution in [0.25, 0.3) is 0 Å². The second-order valence-corrected chi connectivity index (χ2v) is 5.14. The van der Waals surface area contributed by atoms with Gasteiger partial charge in [0.1, 0.15) is 5.82 Å². The van der Waals surface area contributed by atoms with E-state index in [0.717, 1.165) is 10.9 Å². The number of carbonyl (C=O) groups excluding carboxylic acids is 1. The van der Waals surface area contributed by atoms with E-state index >= 15 is 0 Å². The molecular formula is C14H12FNO4S. The molecule has 0 unspecified atom stereocenters. The van der Waals surface area contributed by atoms with Crippen LogP contribution in [0.5, 0.6) is 0 Å². The van der Waals surface area contributed by atoms with E-state index in [9.17, 15) is 14.0 Å². The molecule has 0 saturated carbocycles. The van der Waals surface area contributed by atoms with Crippen LogP contribution in [0.15, 0.2) is 29.6 Å². The molecule has 0 bridgehead atoms. The molecule has 2 N–H and O–H groups in total. The van der Waals surface area contributed by atoms with Crippen LogP contribution in [0, 0.1) is 5.82 Å². The zero-order valence-electron chi connectivity index (χ0n) is 11.1. The number of methoxy groups -OCH3 is 1. The molecule has 1 aromatic carbocycles. The molecule has 0 atom stereocenters. The van der Waals surface area contributed by atoms with Crippen molar-refractivity contribution in [3.05, 3.63) is 51.5 Å². The van der Waals surface area contributed by atoms with Crippen LogP contribution in [0.3, 0.4) is 0 Å². The van der Waals surface area contributed by atoms with Gasteiger partial charge in [-0.25, -0.2) is 14.0 Å². The minimum Gasteiger partial charge on any atom is -0.478 e. The quantitative estimate of drug-likeness (QED) is 0.830. The highest BCUT2D eigenvalue weighted by molar-refractivity contribution is 7.10. The van der Waals surface area contributed by atoms with Gasteiger partial charge in [-0.3, -0.25) is 0 Å². The first-order chi connectivity index (χ1) is 10.0. The predicted octanol–water partition coefficient (Wildman–Crippen LogP) is 2.98. The molecule has 0 aliphatic rings. The highest BCUT2D eigenvalue weighted by atomic mass is 32.1. The summed E-state index contributed by atoms with van der Waals surface area (Å²) in [6, 6.07) is 5.30. The van der Waals surface area contributed by atoms with Crippen LogP contribution in [-0.4, -0.2) is 24.2 Å². The number of ether oxygens (including phenoxy) is 1. The number of benzene rings is 1. The number of nitrogens with one attached hydrogen (secondary N) is 1. The van der Waals surface area contributed by atoms with Gasteiger partial charge in [-0.15, -0.1) is 11.3 Å². The third-order valence-electron chi connectivity index (χ3n) is 2.74. The molecule has 1 aromatic heterocycles. The molecule has 0 fully saturated rings. The van der Waals surface area contributed by atoms with Crippen LogP contribution in [0.1, 0.15) is 25.6 Å². The van der Waals surface area contributed by atoms with Crippen molar-refractivity contribution in [2.75, 3.05) is 12.4 Å². The lowest BCUT2D eigenvalue weighted by Crippen LogP contribution is -2.08. The lowest BCUT2D eigenvalue weighted by molar-refractivity contribution is 0.0600. The summed E-state index contributed by atoms with van der Waals surface area (Å²) in [6.45, 7) is 0.327. The Morgan fingerprint density at radius 3 is 2.76 bits per heavy atom.